The maximum atomic E-state index is 12.4. The molecular weight excluding hydrogens is 348 g/mol. The summed E-state index contributed by atoms with van der Waals surface area (Å²) in [6.07, 6.45) is 2.15. The van der Waals surface area contributed by atoms with Crippen molar-refractivity contribution in [2.45, 2.75) is 31.6 Å². The molecule has 0 fully saturated rings. The highest BCUT2D eigenvalue weighted by Crippen LogP contribution is 2.21. The van der Waals surface area contributed by atoms with Crippen LogP contribution in [0.1, 0.15) is 25.3 Å². The molecule has 24 heavy (non-hydrogen) atoms. The van der Waals surface area contributed by atoms with Crippen LogP contribution < -0.4 is 9.62 Å². The molecule has 6 nitrogen and oxygen atoms in total. The van der Waals surface area contributed by atoms with E-state index in [2.05, 4.69) is 21.8 Å². The number of sulfonamides is 1. The van der Waals surface area contributed by atoms with Crippen LogP contribution >= 0.6 is 11.6 Å². The van der Waals surface area contributed by atoms with E-state index in [4.69, 9.17) is 11.6 Å². The fraction of sp³-hybridized carbons (Fsp3) is 0.375. The summed E-state index contributed by atoms with van der Waals surface area (Å²) in [5.41, 5.74) is 0.693. The van der Waals surface area contributed by atoms with Gasteiger partial charge in [-0.05, 0) is 49.2 Å². The molecule has 2 rings (SSSR count). The van der Waals surface area contributed by atoms with Gasteiger partial charge < -0.3 is 4.90 Å². The van der Waals surface area contributed by atoms with Crippen LogP contribution in [0.3, 0.4) is 0 Å². The fourth-order valence-corrected chi connectivity index (χ4v) is 3.27. The lowest BCUT2D eigenvalue weighted by Gasteiger charge is -2.17. The summed E-state index contributed by atoms with van der Waals surface area (Å²) in [7, 11) is -1.79. The van der Waals surface area contributed by atoms with Crippen LogP contribution in [-0.4, -0.2) is 32.2 Å². The Bertz CT molecular complexity index is 794. The first-order valence-electron chi connectivity index (χ1n) is 7.67. The zero-order valence-corrected chi connectivity index (χ0v) is 15.5. The molecule has 0 unspecified atom stereocenters. The second-order valence-corrected chi connectivity index (χ2v) is 7.66. The number of benzene rings is 1. The van der Waals surface area contributed by atoms with Gasteiger partial charge in [-0.25, -0.2) is 8.42 Å². The number of anilines is 2. The minimum Gasteiger partial charge on any atom is -0.358 e. The van der Waals surface area contributed by atoms with Gasteiger partial charge in [0.15, 0.2) is 11.6 Å². The van der Waals surface area contributed by atoms with Gasteiger partial charge in [-0.3, -0.25) is 4.72 Å². The number of rotatable bonds is 7. The van der Waals surface area contributed by atoms with Crippen molar-refractivity contribution in [3.63, 3.8) is 0 Å². The maximum Gasteiger partial charge on any atom is 0.263 e. The van der Waals surface area contributed by atoms with E-state index >= 15 is 0 Å². The van der Waals surface area contributed by atoms with Crippen LogP contribution in [-0.2, 0) is 10.0 Å². The van der Waals surface area contributed by atoms with Crippen LogP contribution in [0.25, 0.3) is 0 Å². The van der Waals surface area contributed by atoms with E-state index < -0.39 is 10.0 Å². The third-order valence-corrected chi connectivity index (χ3v) is 5.34. The third-order valence-electron chi connectivity index (χ3n) is 3.57. The molecule has 2 aromatic rings. The highest BCUT2D eigenvalue weighted by molar-refractivity contribution is 7.92. The Hall–Kier alpha value is -1.86. The van der Waals surface area contributed by atoms with Crippen LogP contribution in [0.4, 0.5) is 11.6 Å². The zero-order valence-electron chi connectivity index (χ0n) is 14.0. The van der Waals surface area contributed by atoms with Gasteiger partial charge in [-0.2, -0.15) is 0 Å². The minimum absolute atomic E-state index is 0.135. The summed E-state index contributed by atoms with van der Waals surface area (Å²) in [6.45, 7) is 4.75. The Morgan fingerprint density at radius 2 is 1.96 bits per heavy atom. The summed E-state index contributed by atoms with van der Waals surface area (Å²) < 4.78 is 27.2. The monoisotopic (exact) mass is 368 g/mol. The van der Waals surface area contributed by atoms with Crippen molar-refractivity contribution in [1.29, 1.82) is 0 Å². The molecule has 1 aromatic carbocycles. The first-order chi connectivity index (χ1) is 11.3. The molecule has 0 radical (unpaired) electrons. The first kappa shape index (κ1) is 18.5. The summed E-state index contributed by atoms with van der Waals surface area (Å²) >= 11 is 5.93. The molecule has 130 valence electrons. The van der Waals surface area contributed by atoms with Crippen molar-refractivity contribution in [1.82, 2.24) is 10.2 Å². The Balaban J connectivity index is 2.13. The average molecular weight is 369 g/mol. The average Bonchev–Trinajstić information content (AvgIpc) is 2.55. The molecule has 0 spiro atoms. The van der Waals surface area contributed by atoms with E-state index in [-0.39, 0.29) is 10.7 Å². The summed E-state index contributed by atoms with van der Waals surface area (Å²) in [5, 5.41) is 8.54. The van der Waals surface area contributed by atoms with Crippen molar-refractivity contribution >= 4 is 33.3 Å². The van der Waals surface area contributed by atoms with E-state index in [0.717, 1.165) is 19.4 Å². The fourth-order valence-electron chi connectivity index (χ4n) is 2.07. The van der Waals surface area contributed by atoms with Gasteiger partial charge in [0.1, 0.15) is 0 Å². The molecule has 1 aromatic heterocycles. The van der Waals surface area contributed by atoms with Gasteiger partial charge in [0.2, 0.25) is 0 Å². The van der Waals surface area contributed by atoms with Crippen molar-refractivity contribution in [2.24, 2.45) is 0 Å². The number of aromatic nitrogens is 2. The lowest BCUT2D eigenvalue weighted by atomic mass is 10.2. The number of halogens is 1. The third kappa shape index (κ3) is 4.58. The van der Waals surface area contributed by atoms with E-state index in [0.29, 0.717) is 16.4 Å². The predicted octanol–water partition coefficient (Wildman–Crippen LogP) is 3.48. The molecule has 0 bridgehead atoms. The van der Waals surface area contributed by atoms with Crippen molar-refractivity contribution in [3.05, 3.63) is 40.9 Å². The molecule has 8 heteroatoms. The molecular formula is C16H21ClN4O2S. The van der Waals surface area contributed by atoms with Gasteiger partial charge in [-0.1, -0.05) is 24.9 Å². The largest absolute Gasteiger partial charge is 0.358 e. The molecule has 0 saturated carbocycles. The number of aryl methyl sites for hydroxylation is 1. The lowest BCUT2D eigenvalue weighted by Crippen LogP contribution is -2.20. The second-order valence-electron chi connectivity index (χ2n) is 5.57. The van der Waals surface area contributed by atoms with E-state index in [9.17, 15) is 8.42 Å². The van der Waals surface area contributed by atoms with E-state index in [1.54, 1.807) is 25.1 Å². The van der Waals surface area contributed by atoms with Gasteiger partial charge >= 0.3 is 0 Å². The van der Waals surface area contributed by atoms with Crippen LogP contribution in [0, 0.1) is 6.92 Å². The van der Waals surface area contributed by atoms with Crippen molar-refractivity contribution in [2.75, 3.05) is 23.2 Å². The SMILES string of the molecule is CCCCN(C)c1ccc(NS(=O)(=O)c2ccc(Cl)c(C)c2)nn1. The minimum atomic E-state index is -3.72. The molecule has 1 N–H and O–H groups in total. The highest BCUT2D eigenvalue weighted by atomic mass is 35.5. The molecule has 1 heterocycles. The Morgan fingerprint density at radius 1 is 1.21 bits per heavy atom. The van der Waals surface area contributed by atoms with Crippen LogP contribution in [0.5, 0.6) is 0 Å². The van der Waals surface area contributed by atoms with Gasteiger partial charge in [0, 0.05) is 18.6 Å². The summed E-state index contributed by atoms with van der Waals surface area (Å²) in [4.78, 5) is 2.12. The van der Waals surface area contributed by atoms with Crippen LogP contribution in [0.15, 0.2) is 35.2 Å². The van der Waals surface area contributed by atoms with E-state index in [1.165, 1.54) is 12.1 Å². The smallest absolute Gasteiger partial charge is 0.263 e. The standard InChI is InChI=1S/C16H21ClN4O2S/c1-4-5-10-21(3)16-9-8-15(18-19-16)20-24(22,23)13-6-7-14(17)12(2)11-13/h6-9,11H,4-5,10H2,1-3H3,(H,18,20). The first-order valence-corrected chi connectivity index (χ1v) is 9.53. The van der Waals surface area contributed by atoms with Gasteiger partial charge in [-0.15, -0.1) is 10.2 Å². The molecule has 0 aliphatic carbocycles. The number of hydrogen-bond acceptors (Lipinski definition) is 5. The van der Waals surface area contributed by atoms with Crippen molar-refractivity contribution < 1.29 is 8.42 Å². The Morgan fingerprint density at radius 3 is 2.54 bits per heavy atom. The molecule has 0 saturated heterocycles. The number of nitrogens with zero attached hydrogens (tertiary/aromatic N) is 3. The normalized spacial score (nSPS) is 11.3. The quantitative estimate of drug-likeness (QED) is 0.809. The Kier molecular flexibility index (Phi) is 6.01. The number of nitrogens with one attached hydrogen (secondary N) is 1. The Labute approximate surface area is 147 Å². The maximum absolute atomic E-state index is 12.4. The lowest BCUT2D eigenvalue weighted by molar-refractivity contribution is 0.601. The van der Waals surface area contributed by atoms with Gasteiger partial charge in [0.25, 0.3) is 10.0 Å². The molecule has 0 amide bonds. The van der Waals surface area contributed by atoms with E-state index in [1.807, 2.05) is 11.9 Å². The molecule has 0 aliphatic rings. The molecule has 0 aliphatic heterocycles. The topological polar surface area (TPSA) is 75.2 Å². The number of unbranched alkanes of at least 4 members (excludes halogenated alkanes) is 1. The summed E-state index contributed by atoms with van der Waals surface area (Å²) in [5.74, 6) is 0.879. The molecule has 0 atom stereocenters. The van der Waals surface area contributed by atoms with Crippen molar-refractivity contribution in [3.8, 4) is 0 Å². The van der Waals surface area contributed by atoms with Crippen LogP contribution in [0.2, 0.25) is 5.02 Å². The second kappa shape index (κ2) is 7.81. The van der Waals surface area contributed by atoms with Gasteiger partial charge in [0.05, 0.1) is 4.90 Å². The summed E-state index contributed by atoms with van der Waals surface area (Å²) in [6, 6.07) is 7.88. The highest BCUT2D eigenvalue weighted by Gasteiger charge is 2.16. The predicted molar refractivity (Wildman–Crippen MR) is 97.2 cm³/mol. The number of hydrogen-bond donors (Lipinski definition) is 1. The zero-order chi connectivity index (χ0) is 17.7.